The van der Waals surface area contributed by atoms with Crippen molar-refractivity contribution in [2.75, 3.05) is 0 Å². The summed E-state index contributed by atoms with van der Waals surface area (Å²) in [5.74, 6) is 0. The topological polar surface area (TPSA) is 25.8 Å². The number of aryl methyl sites for hydroxylation is 1. The van der Waals surface area contributed by atoms with Gasteiger partial charge in [-0.15, -0.1) is 0 Å². The van der Waals surface area contributed by atoms with Crippen molar-refractivity contribution >= 4 is 15.0 Å². The molecule has 0 aliphatic rings. The molecule has 0 radical (unpaired) electrons. The molecule has 0 aromatic carbocycles. The van der Waals surface area contributed by atoms with Gasteiger partial charge in [-0.3, -0.25) is 0 Å². The van der Waals surface area contributed by atoms with Crippen molar-refractivity contribution < 1.29 is 0 Å². The summed E-state index contributed by atoms with van der Waals surface area (Å²) in [4.78, 5) is 0. The molecule has 0 saturated carbocycles. The fraction of sp³-hybridized carbons (Fsp3) is 0.333. The Morgan fingerprint density at radius 2 is 2.67 bits per heavy atom. The van der Waals surface area contributed by atoms with Crippen molar-refractivity contribution in [2.24, 2.45) is 0 Å². The van der Waals surface area contributed by atoms with Gasteiger partial charge in [0.25, 0.3) is 0 Å². The van der Waals surface area contributed by atoms with E-state index in [2.05, 4.69) is 7.96 Å². The Balaban J connectivity index is 3.05. The second-order valence-electron chi connectivity index (χ2n) is 1.05. The average molecular weight is 147 g/mol. The summed E-state index contributed by atoms with van der Waals surface area (Å²) in [6.07, 6.45) is 1.81. The normalized spacial score (nSPS) is 8.83. The number of nitrogens with zero attached hydrogens (tertiary/aromatic N) is 2. The van der Waals surface area contributed by atoms with E-state index in [0.717, 1.165) is 5.69 Å². The molecule has 3 heteroatoms. The van der Waals surface area contributed by atoms with Crippen molar-refractivity contribution in [3.05, 3.63) is 11.9 Å². The van der Waals surface area contributed by atoms with Crippen LogP contribution >= 0.6 is 0 Å². The van der Waals surface area contributed by atoms with Crippen molar-refractivity contribution in [1.29, 1.82) is 0 Å². The van der Waals surface area contributed by atoms with Crippen LogP contribution in [0.5, 0.6) is 0 Å². The molecule has 1 aromatic rings. The molecule has 0 aliphatic carbocycles. The molecule has 0 saturated heterocycles. The Bertz CT molecular complexity index is 112. The van der Waals surface area contributed by atoms with Crippen LogP contribution in [0.2, 0.25) is 0 Å². The SMILES string of the molecule is Cc1cn[se]n1. The van der Waals surface area contributed by atoms with Crippen LogP contribution in [0.3, 0.4) is 0 Å². The summed E-state index contributed by atoms with van der Waals surface area (Å²) in [6.45, 7) is 1.96. The Hall–Kier alpha value is -0.141. The molecule has 0 N–H and O–H groups in total. The van der Waals surface area contributed by atoms with Gasteiger partial charge in [0.05, 0.1) is 0 Å². The van der Waals surface area contributed by atoms with Gasteiger partial charge >= 0.3 is 41.7 Å². The van der Waals surface area contributed by atoms with Crippen LogP contribution in [0.15, 0.2) is 6.20 Å². The molecule has 0 atom stereocenters. The third-order valence-corrected chi connectivity index (χ3v) is 1.67. The zero-order chi connectivity index (χ0) is 4.41. The first kappa shape index (κ1) is 4.03. The van der Waals surface area contributed by atoms with Crippen LogP contribution < -0.4 is 0 Å². The number of aromatic nitrogens is 2. The van der Waals surface area contributed by atoms with Crippen molar-refractivity contribution in [1.82, 2.24) is 7.96 Å². The van der Waals surface area contributed by atoms with Gasteiger partial charge in [0, 0.05) is 0 Å². The predicted octanol–water partition coefficient (Wildman–Crippen LogP) is -0.158. The summed E-state index contributed by atoms with van der Waals surface area (Å²) in [6, 6.07) is 0. The van der Waals surface area contributed by atoms with Gasteiger partial charge in [0.1, 0.15) is 0 Å². The number of hydrogen-bond acceptors (Lipinski definition) is 2. The van der Waals surface area contributed by atoms with Gasteiger partial charge in [-0.25, -0.2) is 0 Å². The fourth-order valence-electron chi connectivity index (χ4n) is 0.211. The molecule has 0 bridgehead atoms. The average Bonchev–Trinajstić information content (AvgIpc) is 1.86. The molecule has 6 heavy (non-hydrogen) atoms. The van der Waals surface area contributed by atoms with Crippen molar-refractivity contribution in [3.8, 4) is 0 Å². The van der Waals surface area contributed by atoms with Crippen LogP contribution in [0.4, 0.5) is 0 Å². The van der Waals surface area contributed by atoms with Crippen LogP contribution in [0.1, 0.15) is 5.69 Å². The van der Waals surface area contributed by atoms with Gasteiger partial charge in [-0.05, 0) is 0 Å². The first-order valence-corrected chi connectivity index (χ1v) is 3.17. The summed E-state index contributed by atoms with van der Waals surface area (Å²) < 4.78 is 7.89. The predicted molar refractivity (Wildman–Crippen MR) is 23.7 cm³/mol. The third-order valence-electron chi connectivity index (χ3n) is 0.471. The molecule has 0 spiro atoms. The molecule has 0 fully saturated rings. The standard InChI is InChI=1S/C3H4N2Se/c1-3-2-4-6-5-3/h2H,1H3. The second-order valence-corrected chi connectivity index (χ2v) is 2.22. The molecule has 1 aromatic heterocycles. The van der Waals surface area contributed by atoms with Gasteiger partial charge < -0.3 is 0 Å². The maximum absolute atomic E-state index is 3.99. The summed E-state index contributed by atoms with van der Waals surface area (Å²) in [5, 5.41) is 0. The van der Waals surface area contributed by atoms with Crippen LogP contribution in [0, 0.1) is 6.92 Å². The first-order chi connectivity index (χ1) is 2.89. The quantitative estimate of drug-likeness (QED) is 0.476. The molecule has 1 rings (SSSR count). The third kappa shape index (κ3) is 0.671. The molecule has 0 aliphatic heterocycles. The van der Waals surface area contributed by atoms with E-state index in [1.807, 2.05) is 6.92 Å². The number of rotatable bonds is 0. The van der Waals surface area contributed by atoms with Crippen LogP contribution in [-0.2, 0) is 0 Å². The van der Waals surface area contributed by atoms with Crippen molar-refractivity contribution in [3.63, 3.8) is 0 Å². The van der Waals surface area contributed by atoms with E-state index >= 15 is 0 Å². The monoisotopic (exact) mass is 148 g/mol. The Kier molecular flexibility index (Phi) is 1.03. The minimum atomic E-state index is 0.198. The molecule has 1 heterocycles. The van der Waals surface area contributed by atoms with Crippen LogP contribution in [0.25, 0.3) is 0 Å². The Morgan fingerprint density at radius 1 is 1.83 bits per heavy atom. The first-order valence-electron chi connectivity index (χ1n) is 1.64. The van der Waals surface area contributed by atoms with E-state index in [1.54, 1.807) is 6.20 Å². The van der Waals surface area contributed by atoms with E-state index < -0.39 is 0 Å². The van der Waals surface area contributed by atoms with Gasteiger partial charge in [-0.1, -0.05) is 0 Å². The van der Waals surface area contributed by atoms with E-state index in [4.69, 9.17) is 0 Å². The number of hydrogen-bond donors (Lipinski definition) is 0. The fourth-order valence-corrected chi connectivity index (χ4v) is 1.10. The minimum absolute atomic E-state index is 0.198. The maximum atomic E-state index is 3.99. The van der Waals surface area contributed by atoms with E-state index in [-0.39, 0.29) is 15.0 Å². The summed E-state index contributed by atoms with van der Waals surface area (Å²) in [7, 11) is 0. The van der Waals surface area contributed by atoms with Crippen LogP contribution in [-0.4, -0.2) is 22.9 Å². The Morgan fingerprint density at radius 3 is 2.83 bits per heavy atom. The van der Waals surface area contributed by atoms with E-state index in [1.165, 1.54) is 0 Å². The van der Waals surface area contributed by atoms with E-state index in [9.17, 15) is 0 Å². The zero-order valence-corrected chi connectivity index (χ0v) is 5.09. The Labute approximate surface area is 42.4 Å². The molecule has 32 valence electrons. The van der Waals surface area contributed by atoms with E-state index in [0.29, 0.717) is 0 Å². The zero-order valence-electron chi connectivity index (χ0n) is 3.38. The van der Waals surface area contributed by atoms with Gasteiger partial charge in [0.2, 0.25) is 0 Å². The van der Waals surface area contributed by atoms with Gasteiger partial charge in [-0.2, -0.15) is 0 Å². The van der Waals surface area contributed by atoms with Gasteiger partial charge in [0.15, 0.2) is 0 Å². The molecule has 0 unspecified atom stereocenters. The summed E-state index contributed by atoms with van der Waals surface area (Å²) >= 11 is 0.198. The summed E-state index contributed by atoms with van der Waals surface area (Å²) in [5.41, 5.74) is 1.06. The van der Waals surface area contributed by atoms with Crippen molar-refractivity contribution in [2.45, 2.75) is 6.92 Å². The molecular formula is C3H4N2Se. The molecule has 0 amide bonds. The second kappa shape index (κ2) is 1.54. The molecule has 2 nitrogen and oxygen atoms in total. The molecular weight excluding hydrogens is 143 g/mol.